The molecule has 1 aliphatic rings. The van der Waals surface area contributed by atoms with Crippen molar-refractivity contribution < 1.29 is 13.2 Å². The summed E-state index contributed by atoms with van der Waals surface area (Å²) >= 11 is 0. The van der Waals surface area contributed by atoms with Crippen LogP contribution in [0.25, 0.3) is 0 Å². The number of nitrogens with zero attached hydrogens (tertiary/aromatic N) is 2. The third-order valence-electron chi connectivity index (χ3n) is 3.34. The van der Waals surface area contributed by atoms with Crippen molar-refractivity contribution >= 4 is 21.6 Å². The Balaban J connectivity index is 2.09. The van der Waals surface area contributed by atoms with Gasteiger partial charge in [0.1, 0.15) is 0 Å². The highest BCUT2D eigenvalue weighted by atomic mass is 32.2. The monoisotopic (exact) mass is 297 g/mol. The molecule has 7 heteroatoms. The number of nitrogens with two attached hydrogens (primary N) is 1. The number of carbonyl (C=O) groups excluding carboxylic acids is 1. The van der Waals surface area contributed by atoms with E-state index in [9.17, 15) is 13.2 Å². The molecule has 1 amide bonds. The maximum Gasteiger partial charge on any atom is 0.253 e. The number of carbonyl (C=O) groups is 1. The number of hydrogen-bond donors (Lipinski definition) is 1. The number of anilines is 1. The number of rotatable bonds is 2. The molecule has 2 rings (SSSR count). The Kier molecular flexibility index (Phi) is 4.29. The van der Waals surface area contributed by atoms with Crippen LogP contribution in [-0.4, -0.2) is 56.0 Å². The largest absolute Gasteiger partial charge is 0.399 e. The van der Waals surface area contributed by atoms with Crippen molar-refractivity contribution in [1.82, 2.24) is 9.21 Å². The maximum atomic E-state index is 12.4. The van der Waals surface area contributed by atoms with Gasteiger partial charge in [-0.3, -0.25) is 4.79 Å². The fourth-order valence-corrected chi connectivity index (χ4v) is 3.16. The normalized spacial score (nSPS) is 17.8. The summed E-state index contributed by atoms with van der Waals surface area (Å²) < 4.78 is 24.5. The number of sulfonamides is 1. The van der Waals surface area contributed by atoms with Crippen LogP contribution in [-0.2, 0) is 10.0 Å². The minimum Gasteiger partial charge on any atom is -0.399 e. The van der Waals surface area contributed by atoms with Gasteiger partial charge in [0.2, 0.25) is 10.0 Å². The first-order valence-corrected chi connectivity index (χ1v) is 8.33. The predicted octanol–water partition coefficient (Wildman–Crippen LogP) is 0.376. The van der Waals surface area contributed by atoms with Crippen molar-refractivity contribution in [2.45, 2.75) is 6.42 Å². The Hall–Kier alpha value is -1.60. The summed E-state index contributed by atoms with van der Waals surface area (Å²) in [6.45, 7) is 1.76. The Labute approximate surface area is 119 Å². The standard InChI is InChI=1S/C13H19N3O3S/c1-20(18,19)16-7-3-6-15(8-9-16)13(17)11-4-2-5-12(14)10-11/h2,4-5,10H,3,6-9,14H2,1H3. The second-order valence-corrected chi connectivity index (χ2v) is 6.92. The van der Waals surface area contributed by atoms with Crippen LogP contribution >= 0.6 is 0 Å². The predicted molar refractivity (Wildman–Crippen MR) is 77.8 cm³/mol. The molecule has 20 heavy (non-hydrogen) atoms. The molecule has 0 atom stereocenters. The van der Waals surface area contributed by atoms with Crippen LogP contribution < -0.4 is 5.73 Å². The molecule has 0 aliphatic carbocycles. The summed E-state index contributed by atoms with van der Waals surface area (Å²) in [6.07, 6.45) is 1.84. The Bertz CT molecular complexity index is 601. The Morgan fingerprint density at radius 2 is 1.95 bits per heavy atom. The van der Waals surface area contributed by atoms with Crippen molar-refractivity contribution in [3.05, 3.63) is 29.8 Å². The Morgan fingerprint density at radius 3 is 2.60 bits per heavy atom. The third-order valence-corrected chi connectivity index (χ3v) is 4.65. The van der Waals surface area contributed by atoms with Crippen LogP contribution in [0.15, 0.2) is 24.3 Å². The highest BCUT2D eigenvalue weighted by Crippen LogP contribution is 2.13. The second-order valence-electron chi connectivity index (χ2n) is 4.93. The lowest BCUT2D eigenvalue weighted by molar-refractivity contribution is 0.0764. The molecule has 0 bridgehead atoms. The molecule has 0 spiro atoms. The van der Waals surface area contributed by atoms with Crippen LogP contribution in [0.4, 0.5) is 5.69 Å². The van der Waals surface area contributed by atoms with Crippen LogP contribution in [0.5, 0.6) is 0 Å². The smallest absolute Gasteiger partial charge is 0.253 e. The molecule has 1 saturated heterocycles. The van der Waals surface area contributed by atoms with E-state index in [4.69, 9.17) is 5.73 Å². The molecule has 0 unspecified atom stereocenters. The van der Waals surface area contributed by atoms with Gasteiger partial charge in [-0.2, -0.15) is 0 Å². The van der Waals surface area contributed by atoms with E-state index in [0.29, 0.717) is 43.9 Å². The summed E-state index contributed by atoms with van der Waals surface area (Å²) in [6, 6.07) is 6.83. The minimum atomic E-state index is -3.19. The molecule has 1 aromatic carbocycles. The van der Waals surface area contributed by atoms with Gasteiger partial charge in [-0.05, 0) is 24.6 Å². The van der Waals surface area contributed by atoms with Gasteiger partial charge < -0.3 is 10.6 Å². The fourth-order valence-electron chi connectivity index (χ4n) is 2.28. The van der Waals surface area contributed by atoms with Gasteiger partial charge in [0.05, 0.1) is 6.26 Å². The zero-order valence-corrected chi connectivity index (χ0v) is 12.3. The van der Waals surface area contributed by atoms with Crippen LogP contribution in [0, 0.1) is 0 Å². The lowest BCUT2D eigenvalue weighted by Gasteiger charge is -2.21. The minimum absolute atomic E-state index is 0.104. The molecule has 0 saturated carbocycles. The van der Waals surface area contributed by atoms with Crippen molar-refractivity contribution in [3.8, 4) is 0 Å². The van der Waals surface area contributed by atoms with E-state index in [1.807, 2.05) is 0 Å². The van der Waals surface area contributed by atoms with E-state index >= 15 is 0 Å². The van der Waals surface area contributed by atoms with Crippen LogP contribution in [0.2, 0.25) is 0 Å². The lowest BCUT2D eigenvalue weighted by Crippen LogP contribution is -2.36. The molecule has 1 aliphatic heterocycles. The molecule has 0 radical (unpaired) electrons. The van der Waals surface area contributed by atoms with Crippen molar-refractivity contribution in [2.75, 3.05) is 38.2 Å². The second kappa shape index (κ2) is 5.80. The quantitative estimate of drug-likeness (QED) is 0.800. The van der Waals surface area contributed by atoms with Crippen molar-refractivity contribution in [2.24, 2.45) is 0 Å². The first-order valence-electron chi connectivity index (χ1n) is 6.48. The third kappa shape index (κ3) is 3.49. The Morgan fingerprint density at radius 1 is 1.20 bits per heavy atom. The van der Waals surface area contributed by atoms with Crippen LogP contribution in [0.3, 0.4) is 0 Å². The molecule has 0 aromatic heterocycles. The average molecular weight is 297 g/mol. The van der Waals surface area contributed by atoms with Gasteiger partial charge >= 0.3 is 0 Å². The van der Waals surface area contributed by atoms with E-state index in [-0.39, 0.29) is 5.91 Å². The average Bonchev–Trinajstić information content (AvgIpc) is 2.63. The van der Waals surface area contributed by atoms with E-state index in [2.05, 4.69) is 0 Å². The van der Waals surface area contributed by atoms with Crippen molar-refractivity contribution in [1.29, 1.82) is 0 Å². The molecule has 1 fully saturated rings. The van der Waals surface area contributed by atoms with Gasteiger partial charge in [0, 0.05) is 37.4 Å². The molecule has 6 nitrogen and oxygen atoms in total. The van der Waals surface area contributed by atoms with E-state index < -0.39 is 10.0 Å². The van der Waals surface area contributed by atoms with Crippen molar-refractivity contribution in [3.63, 3.8) is 0 Å². The molecule has 1 aromatic rings. The number of amides is 1. The lowest BCUT2D eigenvalue weighted by atomic mass is 10.1. The van der Waals surface area contributed by atoms with Gasteiger partial charge in [-0.15, -0.1) is 0 Å². The fraction of sp³-hybridized carbons (Fsp3) is 0.462. The summed E-state index contributed by atoms with van der Waals surface area (Å²) in [4.78, 5) is 14.0. The maximum absolute atomic E-state index is 12.4. The first kappa shape index (κ1) is 14.8. The van der Waals surface area contributed by atoms with E-state index in [1.54, 1.807) is 29.2 Å². The van der Waals surface area contributed by atoms with E-state index in [1.165, 1.54) is 10.6 Å². The topological polar surface area (TPSA) is 83.7 Å². The summed E-state index contributed by atoms with van der Waals surface area (Å²) in [5.74, 6) is -0.104. The van der Waals surface area contributed by atoms with Gasteiger partial charge in [0.15, 0.2) is 0 Å². The van der Waals surface area contributed by atoms with Crippen LogP contribution in [0.1, 0.15) is 16.8 Å². The summed E-state index contributed by atoms with van der Waals surface area (Å²) in [7, 11) is -3.19. The number of benzene rings is 1. The number of hydrogen-bond acceptors (Lipinski definition) is 4. The molecule has 2 N–H and O–H groups in total. The summed E-state index contributed by atoms with van der Waals surface area (Å²) in [5.41, 5.74) is 6.76. The molecular weight excluding hydrogens is 278 g/mol. The van der Waals surface area contributed by atoms with Gasteiger partial charge in [0.25, 0.3) is 5.91 Å². The zero-order chi connectivity index (χ0) is 14.8. The SMILES string of the molecule is CS(=O)(=O)N1CCCN(C(=O)c2cccc(N)c2)CC1. The molecular formula is C13H19N3O3S. The first-order chi connectivity index (χ1) is 9.38. The molecule has 1 heterocycles. The zero-order valence-electron chi connectivity index (χ0n) is 11.4. The highest BCUT2D eigenvalue weighted by molar-refractivity contribution is 7.88. The van der Waals surface area contributed by atoms with Gasteiger partial charge in [-0.1, -0.05) is 6.07 Å². The van der Waals surface area contributed by atoms with Gasteiger partial charge in [-0.25, -0.2) is 12.7 Å². The summed E-state index contributed by atoms with van der Waals surface area (Å²) in [5, 5.41) is 0. The van der Waals surface area contributed by atoms with E-state index in [0.717, 1.165) is 0 Å². The molecule has 110 valence electrons. The number of nitrogen functional groups attached to an aromatic ring is 1. The highest BCUT2D eigenvalue weighted by Gasteiger charge is 2.24.